The number of nitrogens with zero attached hydrogens (tertiary/aromatic N) is 1. The molecule has 2 atom stereocenters. The number of benzene rings is 2. The summed E-state index contributed by atoms with van der Waals surface area (Å²) in [6.45, 7) is 19.7. The van der Waals surface area contributed by atoms with Gasteiger partial charge in [-0.3, -0.25) is 0 Å². The molecule has 30 heavy (non-hydrogen) atoms. The number of pyridine rings is 1. The second-order valence-corrected chi connectivity index (χ2v) is 12.0. The highest BCUT2D eigenvalue weighted by atomic mass is 15.1. The molecule has 1 saturated carbocycles. The minimum Gasteiger partial charge on any atom is -0.191 e. The van der Waals surface area contributed by atoms with Crippen LogP contribution >= 0.6 is 0 Å². The SMILES string of the molecule is CCC12CC1(CC)[n+]1cccc3ccc4c5c(cc2c4c31)C(C)(C)C(C)(C)C5(C)C. The quantitative estimate of drug-likeness (QED) is 0.322. The van der Waals surface area contributed by atoms with Gasteiger partial charge in [0, 0.05) is 24.3 Å². The van der Waals surface area contributed by atoms with E-state index in [4.69, 9.17) is 0 Å². The van der Waals surface area contributed by atoms with Crippen molar-refractivity contribution < 1.29 is 4.57 Å². The predicted molar refractivity (Wildman–Crippen MR) is 126 cm³/mol. The summed E-state index contributed by atoms with van der Waals surface area (Å²) in [6, 6.07) is 12.1. The summed E-state index contributed by atoms with van der Waals surface area (Å²) in [4.78, 5) is 0. The van der Waals surface area contributed by atoms with Crippen LogP contribution in [-0.2, 0) is 21.8 Å². The fraction of sp³-hybridized carbons (Fsp3) is 0.552. The Bertz CT molecular complexity index is 1270. The van der Waals surface area contributed by atoms with E-state index in [1.165, 1.54) is 35.6 Å². The highest BCUT2D eigenvalue weighted by molar-refractivity contribution is 6.09. The average molecular weight is 399 g/mol. The predicted octanol–water partition coefficient (Wildman–Crippen LogP) is 7.05. The summed E-state index contributed by atoms with van der Waals surface area (Å²) in [5, 5.41) is 4.46. The second kappa shape index (κ2) is 4.95. The van der Waals surface area contributed by atoms with Crippen molar-refractivity contribution in [2.75, 3.05) is 0 Å². The topological polar surface area (TPSA) is 3.88 Å². The zero-order chi connectivity index (χ0) is 21.5. The zero-order valence-corrected chi connectivity index (χ0v) is 20.0. The van der Waals surface area contributed by atoms with Gasteiger partial charge in [0.15, 0.2) is 11.7 Å². The van der Waals surface area contributed by atoms with Gasteiger partial charge < -0.3 is 0 Å². The van der Waals surface area contributed by atoms with E-state index >= 15 is 0 Å². The third kappa shape index (κ3) is 1.58. The molecule has 6 rings (SSSR count). The molecule has 3 aliphatic rings. The molecular weight excluding hydrogens is 362 g/mol. The molecule has 1 fully saturated rings. The van der Waals surface area contributed by atoms with Crippen LogP contribution in [-0.4, -0.2) is 0 Å². The van der Waals surface area contributed by atoms with E-state index in [0.29, 0.717) is 0 Å². The van der Waals surface area contributed by atoms with Crippen molar-refractivity contribution in [1.82, 2.24) is 0 Å². The number of fused-ring (bicyclic) bond motifs is 5. The Kier molecular flexibility index (Phi) is 3.11. The first kappa shape index (κ1) is 18.8. The number of rotatable bonds is 2. The molecule has 2 heterocycles. The minimum absolute atomic E-state index is 0.125. The number of hydrogen-bond donors (Lipinski definition) is 0. The molecular formula is C29H36N+. The molecule has 156 valence electrons. The van der Waals surface area contributed by atoms with Crippen LogP contribution in [0.5, 0.6) is 0 Å². The highest BCUT2D eigenvalue weighted by Gasteiger charge is 2.76. The molecule has 1 heteroatoms. The van der Waals surface area contributed by atoms with Crippen molar-refractivity contribution in [2.24, 2.45) is 5.41 Å². The molecule has 0 amide bonds. The van der Waals surface area contributed by atoms with E-state index in [9.17, 15) is 0 Å². The zero-order valence-electron chi connectivity index (χ0n) is 20.0. The molecule has 2 aromatic carbocycles. The van der Waals surface area contributed by atoms with E-state index in [1.807, 2.05) is 0 Å². The second-order valence-electron chi connectivity index (χ2n) is 12.0. The molecule has 2 unspecified atom stereocenters. The minimum atomic E-state index is 0.125. The Labute approximate surface area is 181 Å². The highest BCUT2D eigenvalue weighted by Crippen LogP contribution is 2.70. The van der Waals surface area contributed by atoms with Gasteiger partial charge in [0.2, 0.25) is 5.52 Å². The van der Waals surface area contributed by atoms with Crippen LogP contribution in [0.3, 0.4) is 0 Å². The lowest BCUT2D eigenvalue weighted by Crippen LogP contribution is -2.53. The Hall–Kier alpha value is -1.89. The van der Waals surface area contributed by atoms with Gasteiger partial charge in [0.25, 0.3) is 0 Å². The third-order valence-electron chi connectivity index (χ3n) is 11.0. The molecule has 0 saturated heterocycles. The molecule has 3 aromatic rings. The largest absolute Gasteiger partial charge is 0.221 e. The van der Waals surface area contributed by atoms with Gasteiger partial charge in [-0.05, 0) is 56.9 Å². The van der Waals surface area contributed by atoms with E-state index in [1.54, 1.807) is 22.1 Å². The molecule has 1 aromatic heterocycles. The normalized spacial score (nSPS) is 31.2. The summed E-state index contributed by atoms with van der Waals surface area (Å²) in [6.07, 6.45) is 6.09. The smallest absolute Gasteiger partial charge is 0.191 e. The first-order chi connectivity index (χ1) is 14.0. The van der Waals surface area contributed by atoms with Gasteiger partial charge in [0.05, 0.1) is 10.8 Å². The standard InChI is InChI=1S/C29H36N/c1-9-28-17-29(28,10-2)30-15-11-12-18-13-14-19-22(24(18)30)20(28)16-21-23(19)26(5,6)27(7,8)25(21,3)4/h11-16H,9-10,17H2,1-8H3/q+1. The van der Waals surface area contributed by atoms with E-state index in [-0.39, 0.29) is 27.2 Å². The van der Waals surface area contributed by atoms with E-state index in [0.717, 1.165) is 0 Å². The lowest BCUT2D eigenvalue weighted by molar-refractivity contribution is -0.720. The van der Waals surface area contributed by atoms with Gasteiger partial charge in [-0.25, -0.2) is 0 Å². The van der Waals surface area contributed by atoms with Crippen LogP contribution in [0.2, 0.25) is 0 Å². The lowest BCUT2D eigenvalue weighted by atomic mass is 9.59. The third-order valence-corrected chi connectivity index (χ3v) is 11.0. The first-order valence-corrected chi connectivity index (χ1v) is 12.0. The molecule has 1 aliphatic heterocycles. The van der Waals surface area contributed by atoms with Crippen molar-refractivity contribution in [1.29, 1.82) is 0 Å². The van der Waals surface area contributed by atoms with E-state index < -0.39 is 0 Å². The van der Waals surface area contributed by atoms with Crippen LogP contribution < -0.4 is 4.57 Å². The van der Waals surface area contributed by atoms with Gasteiger partial charge in [-0.1, -0.05) is 67.5 Å². The summed E-state index contributed by atoms with van der Waals surface area (Å²) in [5.74, 6) is 0. The summed E-state index contributed by atoms with van der Waals surface area (Å²) in [7, 11) is 0. The Morgan fingerprint density at radius 3 is 2.27 bits per heavy atom. The maximum absolute atomic E-state index is 2.69. The van der Waals surface area contributed by atoms with Gasteiger partial charge in [-0.2, -0.15) is 4.57 Å². The van der Waals surface area contributed by atoms with Crippen LogP contribution in [0.25, 0.3) is 21.7 Å². The van der Waals surface area contributed by atoms with Crippen molar-refractivity contribution in [3.63, 3.8) is 0 Å². The molecule has 0 N–H and O–H groups in total. The fourth-order valence-electron chi connectivity index (χ4n) is 7.95. The van der Waals surface area contributed by atoms with Crippen molar-refractivity contribution in [3.8, 4) is 0 Å². The first-order valence-electron chi connectivity index (χ1n) is 12.0. The molecule has 0 spiro atoms. The summed E-state index contributed by atoms with van der Waals surface area (Å²) >= 11 is 0. The molecule has 2 aliphatic carbocycles. The van der Waals surface area contributed by atoms with E-state index in [2.05, 4.69) is 96.5 Å². The summed E-state index contributed by atoms with van der Waals surface area (Å²) < 4.78 is 2.69. The number of hydrogen-bond acceptors (Lipinski definition) is 0. The number of aromatic nitrogens is 1. The van der Waals surface area contributed by atoms with Crippen molar-refractivity contribution >= 4 is 21.7 Å². The Balaban J connectivity index is 1.89. The monoisotopic (exact) mass is 398 g/mol. The van der Waals surface area contributed by atoms with Gasteiger partial charge in [0.1, 0.15) is 0 Å². The van der Waals surface area contributed by atoms with Crippen LogP contribution in [0.1, 0.15) is 91.3 Å². The summed E-state index contributed by atoms with van der Waals surface area (Å²) in [5.41, 5.74) is 7.34. The average Bonchev–Trinajstić information content (AvgIpc) is 3.40. The van der Waals surface area contributed by atoms with Crippen LogP contribution in [0, 0.1) is 5.41 Å². The van der Waals surface area contributed by atoms with Gasteiger partial charge in [-0.15, -0.1) is 0 Å². The van der Waals surface area contributed by atoms with Crippen molar-refractivity contribution in [3.05, 3.63) is 53.2 Å². The van der Waals surface area contributed by atoms with Crippen LogP contribution in [0.15, 0.2) is 36.5 Å². The fourth-order valence-corrected chi connectivity index (χ4v) is 7.95. The molecule has 1 nitrogen and oxygen atoms in total. The lowest BCUT2D eigenvalue weighted by Gasteiger charge is -2.44. The Morgan fingerprint density at radius 2 is 1.60 bits per heavy atom. The van der Waals surface area contributed by atoms with Gasteiger partial charge >= 0.3 is 0 Å². The maximum atomic E-state index is 2.69. The van der Waals surface area contributed by atoms with Crippen molar-refractivity contribution in [2.45, 2.75) is 96.4 Å². The maximum Gasteiger partial charge on any atom is 0.221 e. The Morgan fingerprint density at radius 1 is 0.867 bits per heavy atom. The molecule has 0 radical (unpaired) electrons. The van der Waals surface area contributed by atoms with Crippen LogP contribution in [0.4, 0.5) is 0 Å². The molecule has 0 bridgehead atoms.